The van der Waals surface area contributed by atoms with E-state index < -0.39 is 0 Å². The van der Waals surface area contributed by atoms with Crippen molar-refractivity contribution in [1.82, 2.24) is 15.3 Å². The second-order valence-corrected chi connectivity index (χ2v) is 7.65. The predicted molar refractivity (Wildman–Crippen MR) is 109 cm³/mol. The number of hydrogen-bond donors (Lipinski definition) is 1. The summed E-state index contributed by atoms with van der Waals surface area (Å²) >= 11 is 0. The Morgan fingerprint density at radius 1 is 1.21 bits per heavy atom. The third-order valence-electron chi connectivity index (χ3n) is 5.62. The zero-order valence-electron chi connectivity index (χ0n) is 16.7. The maximum Gasteiger partial charge on any atom is 0.231 e. The number of furan rings is 1. The first kappa shape index (κ1) is 18.5. The van der Waals surface area contributed by atoms with Gasteiger partial charge in [0.05, 0.1) is 11.3 Å². The summed E-state index contributed by atoms with van der Waals surface area (Å²) in [6.07, 6.45) is 3.40. The van der Waals surface area contributed by atoms with E-state index in [1.807, 2.05) is 13.8 Å². The van der Waals surface area contributed by atoms with Gasteiger partial charge in [-0.1, -0.05) is 29.8 Å². The number of nitrogens with one attached hydrogen (secondary N) is 1. The Kier molecular flexibility index (Phi) is 5.03. The van der Waals surface area contributed by atoms with Crippen LogP contribution in [-0.4, -0.2) is 29.0 Å². The minimum Gasteiger partial charge on any atom is -0.443 e. The molecule has 6 nitrogen and oxygen atoms in total. The maximum absolute atomic E-state index is 12.8. The van der Waals surface area contributed by atoms with Gasteiger partial charge in [-0.3, -0.25) is 4.79 Å². The Morgan fingerprint density at radius 2 is 2.00 bits per heavy atom. The fourth-order valence-electron chi connectivity index (χ4n) is 3.83. The van der Waals surface area contributed by atoms with Crippen LogP contribution in [0.15, 0.2) is 35.0 Å². The molecular weight excluding hydrogens is 352 g/mol. The smallest absolute Gasteiger partial charge is 0.231 e. The fourth-order valence-corrected chi connectivity index (χ4v) is 3.83. The van der Waals surface area contributed by atoms with Crippen LogP contribution >= 0.6 is 0 Å². The van der Waals surface area contributed by atoms with Gasteiger partial charge in [0.1, 0.15) is 17.9 Å². The third kappa shape index (κ3) is 3.59. The van der Waals surface area contributed by atoms with E-state index in [9.17, 15) is 4.79 Å². The van der Waals surface area contributed by atoms with Crippen molar-refractivity contribution >= 4 is 22.8 Å². The average Bonchev–Trinajstić information content (AvgIpc) is 3.01. The van der Waals surface area contributed by atoms with E-state index in [2.05, 4.69) is 51.4 Å². The van der Waals surface area contributed by atoms with Gasteiger partial charge in [-0.25, -0.2) is 9.97 Å². The number of carbonyl (C=O) groups excluding carboxylic acids is 1. The second-order valence-electron chi connectivity index (χ2n) is 7.65. The summed E-state index contributed by atoms with van der Waals surface area (Å²) in [6, 6.07) is 8.26. The van der Waals surface area contributed by atoms with E-state index in [1.54, 1.807) is 6.33 Å². The van der Waals surface area contributed by atoms with E-state index in [0.29, 0.717) is 18.8 Å². The second kappa shape index (κ2) is 7.62. The molecule has 0 aliphatic carbocycles. The molecule has 1 N–H and O–H groups in total. The maximum atomic E-state index is 12.8. The quantitative estimate of drug-likeness (QED) is 0.750. The average molecular weight is 378 g/mol. The Balaban J connectivity index is 1.47. The first-order valence-corrected chi connectivity index (χ1v) is 9.82. The SMILES string of the molecule is Cc1ccc(CNC(=O)[C@H]2CCCN(c3ncnc4oc(C)c(C)c34)C2)cc1. The zero-order chi connectivity index (χ0) is 19.7. The summed E-state index contributed by atoms with van der Waals surface area (Å²) in [5.74, 6) is 1.80. The van der Waals surface area contributed by atoms with Crippen molar-refractivity contribution in [3.05, 3.63) is 53.0 Å². The molecule has 0 radical (unpaired) electrons. The van der Waals surface area contributed by atoms with Gasteiger partial charge >= 0.3 is 0 Å². The Bertz CT molecular complexity index is 994. The summed E-state index contributed by atoms with van der Waals surface area (Å²) in [6.45, 7) is 8.15. The minimum absolute atomic E-state index is 0.0440. The summed E-state index contributed by atoms with van der Waals surface area (Å²) in [5.41, 5.74) is 4.02. The van der Waals surface area contributed by atoms with E-state index in [1.165, 1.54) is 5.56 Å². The molecule has 1 saturated heterocycles. The number of aryl methyl sites for hydroxylation is 3. The van der Waals surface area contributed by atoms with Gasteiger partial charge < -0.3 is 14.6 Å². The van der Waals surface area contributed by atoms with E-state index in [0.717, 1.165) is 47.5 Å². The molecule has 0 bridgehead atoms. The molecule has 3 heterocycles. The lowest BCUT2D eigenvalue weighted by Gasteiger charge is -2.33. The zero-order valence-corrected chi connectivity index (χ0v) is 16.7. The molecule has 1 aliphatic rings. The molecular formula is C22H26N4O2. The number of anilines is 1. The molecule has 0 saturated carbocycles. The number of rotatable bonds is 4. The lowest BCUT2D eigenvalue weighted by Crippen LogP contribution is -2.43. The summed E-state index contributed by atoms with van der Waals surface area (Å²) < 4.78 is 5.74. The molecule has 146 valence electrons. The highest BCUT2D eigenvalue weighted by molar-refractivity contribution is 5.90. The standard InChI is InChI=1S/C22H26N4O2/c1-14-6-8-17(9-7-14)11-23-21(27)18-5-4-10-26(12-18)20-19-15(2)16(3)28-22(19)25-13-24-20/h6-9,13,18H,4-5,10-12H2,1-3H3,(H,23,27)/t18-/m0/s1. The Hall–Kier alpha value is -2.89. The van der Waals surface area contributed by atoms with Crippen LogP contribution in [-0.2, 0) is 11.3 Å². The number of piperidine rings is 1. The number of nitrogens with zero attached hydrogens (tertiary/aromatic N) is 3. The molecule has 28 heavy (non-hydrogen) atoms. The van der Waals surface area contributed by atoms with Crippen LogP contribution in [0.25, 0.3) is 11.1 Å². The van der Waals surface area contributed by atoms with E-state index in [4.69, 9.17) is 4.42 Å². The van der Waals surface area contributed by atoms with Crippen molar-refractivity contribution in [3.63, 3.8) is 0 Å². The fraction of sp³-hybridized carbons (Fsp3) is 0.409. The molecule has 1 aliphatic heterocycles. The Labute approximate surface area is 165 Å². The molecule has 0 unspecified atom stereocenters. The highest BCUT2D eigenvalue weighted by atomic mass is 16.3. The first-order chi connectivity index (χ1) is 13.5. The molecule has 6 heteroatoms. The molecule has 1 atom stereocenters. The minimum atomic E-state index is -0.0440. The molecule has 0 spiro atoms. The van der Waals surface area contributed by atoms with Gasteiger partial charge in [0.25, 0.3) is 0 Å². The number of aromatic nitrogens is 2. The van der Waals surface area contributed by atoms with Crippen LogP contribution in [0, 0.1) is 26.7 Å². The van der Waals surface area contributed by atoms with Crippen LogP contribution in [0.5, 0.6) is 0 Å². The molecule has 2 aromatic heterocycles. The van der Waals surface area contributed by atoms with Crippen molar-refractivity contribution in [1.29, 1.82) is 0 Å². The van der Waals surface area contributed by atoms with Crippen molar-refractivity contribution in [2.24, 2.45) is 5.92 Å². The monoisotopic (exact) mass is 378 g/mol. The third-order valence-corrected chi connectivity index (χ3v) is 5.62. The number of amides is 1. The first-order valence-electron chi connectivity index (χ1n) is 9.82. The lowest BCUT2D eigenvalue weighted by atomic mass is 9.96. The van der Waals surface area contributed by atoms with Gasteiger partial charge in [0, 0.05) is 25.2 Å². The summed E-state index contributed by atoms with van der Waals surface area (Å²) in [5, 5.41) is 4.05. The predicted octanol–water partition coefficient (Wildman–Crippen LogP) is 3.68. The van der Waals surface area contributed by atoms with Crippen LogP contribution in [0.2, 0.25) is 0 Å². The van der Waals surface area contributed by atoms with Gasteiger partial charge in [-0.15, -0.1) is 0 Å². The van der Waals surface area contributed by atoms with Crippen LogP contribution in [0.1, 0.15) is 35.3 Å². The molecule has 1 aromatic carbocycles. The topological polar surface area (TPSA) is 71.3 Å². The van der Waals surface area contributed by atoms with Gasteiger partial charge in [0.15, 0.2) is 0 Å². The largest absolute Gasteiger partial charge is 0.443 e. The molecule has 1 fully saturated rings. The lowest BCUT2D eigenvalue weighted by molar-refractivity contribution is -0.125. The van der Waals surface area contributed by atoms with Crippen molar-refractivity contribution in [2.45, 2.75) is 40.2 Å². The number of hydrogen-bond acceptors (Lipinski definition) is 5. The van der Waals surface area contributed by atoms with Crippen molar-refractivity contribution in [2.75, 3.05) is 18.0 Å². The van der Waals surface area contributed by atoms with Crippen molar-refractivity contribution in [3.8, 4) is 0 Å². The van der Waals surface area contributed by atoms with E-state index >= 15 is 0 Å². The Morgan fingerprint density at radius 3 is 2.79 bits per heavy atom. The number of benzene rings is 1. The summed E-state index contributed by atoms with van der Waals surface area (Å²) in [4.78, 5) is 23.7. The van der Waals surface area contributed by atoms with Crippen LogP contribution < -0.4 is 10.2 Å². The van der Waals surface area contributed by atoms with Gasteiger partial charge in [-0.05, 0) is 39.2 Å². The molecule has 1 amide bonds. The van der Waals surface area contributed by atoms with E-state index in [-0.39, 0.29) is 11.8 Å². The van der Waals surface area contributed by atoms with Crippen LogP contribution in [0.3, 0.4) is 0 Å². The highest BCUT2D eigenvalue weighted by Crippen LogP contribution is 2.32. The van der Waals surface area contributed by atoms with Crippen molar-refractivity contribution < 1.29 is 9.21 Å². The molecule has 3 aromatic rings. The normalized spacial score (nSPS) is 17.1. The summed E-state index contributed by atoms with van der Waals surface area (Å²) in [7, 11) is 0. The van der Waals surface area contributed by atoms with Gasteiger partial charge in [0.2, 0.25) is 11.6 Å². The molecule has 4 rings (SSSR count). The van der Waals surface area contributed by atoms with Gasteiger partial charge in [-0.2, -0.15) is 0 Å². The number of carbonyl (C=O) groups is 1. The highest BCUT2D eigenvalue weighted by Gasteiger charge is 2.28. The van der Waals surface area contributed by atoms with Crippen LogP contribution in [0.4, 0.5) is 5.82 Å². The number of fused-ring (bicyclic) bond motifs is 1.